The van der Waals surface area contributed by atoms with E-state index in [-0.39, 0.29) is 42.4 Å². The van der Waals surface area contributed by atoms with Crippen molar-refractivity contribution in [1.29, 1.82) is 0 Å². The number of carbonyl (C=O) groups excluding carboxylic acids is 1. The third-order valence-corrected chi connectivity index (χ3v) is 10.7. The van der Waals surface area contributed by atoms with E-state index < -0.39 is 23.8 Å². The molecule has 0 saturated heterocycles. The lowest BCUT2D eigenvalue weighted by atomic mass is 9.91. The number of aryl methyl sites for hydroxylation is 1. The van der Waals surface area contributed by atoms with Gasteiger partial charge in [-0.15, -0.1) is 0 Å². The number of hydrogen-bond acceptors (Lipinski definition) is 8. The summed E-state index contributed by atoms with van der Waals surface area (Å²) in [5.41, 5.74) is 4.57. The number of nitrogens with zero attached hydrogens (tertiary/aromatic N) is 3. The Morgan fingerprint density at radius 2 is 1.70 bits per heavy atom. The Hall–Kier alpha value is -4.55. The molecule has 53 heavy (non-hydrogen) atoms. The molecule has 1 fully saturated rings. The number of benzene rings is 2. The van der Waals surface area contributed by atoms with E-state index in [1.807, 2.05) is 48.5 Å². The molecule has 0 radical (unpaired) electrons. The number of carboxylic acid groups (broad SMARTS) is 1. The monoisotopic (exact) mass is 750 g/mol. The van der Waals surface area contributed by atoms with Gasteiger partial charge in [-0.2, -0.15) is 13.2 Å². The molecule has 0 spiro atoms. The van der Waals surface area contributed by atoms with Crippen molar-refractivity contribution in [2.75, 3.05) is 20.8 Å². The topological polar surface area (TPSA) is 124 Å². The number of aliphatic carboxylic acids is 1. The normalized spacial score (nSPS) is 17.5. The largest absolute Gasteiger partial charge is 0.481 e. The smallest absolute Gasteiger partial charge is 0.435 e. The summed E-state index contributed by atoms with van der Waals surface area (Å²) in [5, 5.41) is 13.2. The minimum Gasteiger partial charge on any atom is -0.481 e. The summed E-state index contributed by atoms with van der Waals surface area (Å²) in [7, 11) is 2.89. The first kappa shape index (κ1) is 38.2. The zero-order valence-corrected chi connectivity index (χ0v) is 30.6. The maximum absolute atomic E-state index is 14.4. The second-order valence-corrected chi connectivity index (χ2v) is 14.3. The molecule has 0 unspecified atom stereocenters. The van der Waals surface area contributed by atoms with Crippen molar-refractivity contribution in [2.45, 2.75) is 76.9 Å². The van der Waals surface area contributed by atoms with Crippen LogP contribution in [0, 0.1) is 11.8 Å². The van der Waals surface area contributed by atoms with Gasteiger partial charge in [-0.3, -0.25) is 9.59 Å². The fourth-order valence-electron chi connectivity index (χ4n) is 7.44. The number of ketones is 1. The molecule has 0 aliphatic heterocycles. The van der Waals surface area contributed by atoms with Gasteiger partial charge in [0.25, 0.3) is 0 Å². The Balaban J connectivity index is 1.25. The third-order valence-electron chi connectivity index (χ3n) is 10.3. The molecule has 2 N–H and O–H groups in total. The molecule has 280 valence electrons. The molecule has 4 aromatic rings. The second-order valence-electron chi connectivity index (χ2n) is 13.9. The maximum atomic E-state index is 14.4. The number of nitrogens with one attached hydrogen (secondary N) is 1. The predicted octanol–water partition coefficient (Wildman–Crippen LogP) is 8.28. The average molecular weight is 751 g/mol. The number of Topliss-reactive ketones (excluding diaryl/α,β-unsaturated/α-hetero) is 1. The molecule has 2 aromatic heterocycles. The number of rotatable bonds is 14. The number of ether oxygens (including phenoxy) is 2. The highest BCUT2D eigenvalue weighted by Crippen LogP contribution is 2.45. The van der Waals surface area contributed by atoms with Gasteiger partial charge in [0.1, 0.15) is 11.5 Å². The van der Waals surface area contributed by atoms with E-state index in [2.05, 4.69) is 15.3 Å². The number of halogens is 4. The van der Waals surface area contributed by atoms with Crippen LogP contribution in [0.4, 0.5) is 13.2 Å². The minimum absolute atomic E-state index is 0.00205. The van der Waals surface area contributed by atoms with Crippen molar-refractivity contribution in [3.05, 3.63) is 87.3 Å². The van der Waals surface area contributed by atoms with Crippen LogP contribution in [-0.4, -0.2) is 52.6 Å². The van der Waals surface area contributed by atoms with E-state index in [1.165, 1.54) is 14.0 Å². The van der Waals surface area contributed by atoms with E-state index in [9.17, 15) is 27.9 Å². The SMILES string of the molecule is COc1nc(-c2cccc(-c3cccc4c3CC[C@@H]4Cc3nc(OC)c(CC[C@@H](C)C(=O)O)nc3C(F)(F)F)c2Cl)ccc1CNC[C@@H]1CCC(=O)C1. The summed E-state index contributed by atoms with van der Waals surface area (Å²) in [6.45, 7) is 2.79. The van der Waals surface area contributed by atoms with Crippen LogP contribution in [0.3, 0.4) is 0 Å². The summed E-state index contributed by atoms with van der Waals surface area (Å²) in [4.78, 5) is 36.0. The Bertz CT molecular complexity index is 2010. The van der Waals surface area contributed by atoms with E-state index in [0.29, 0.717) is 66.1 Å². The lowest BCUT2D eigenvalue weighted by Crippen LogP contribution is -2.21. The highest BCUT2D eigenvalue weighted by Gasteiger charge is 2.39. The summed E-state index contributed by atoms with van der Waals surface area (Å²) < 4.78 is 54.1. The molecule has 2 aromatic carbocycles. The number of aromatic nitrogens is 3. The molecule has 3 atom stereocenters. The van der Waals surface area contributed by atoms with Gasteiger partial charge in [-0.25, -0.2) is 15.0 Å². The van der Waals surface area contributed by atoms with E-state index in [4.69, 9.17) is 26.1 Å². The van der Waals surface area contributed by atoms with Gasteiger partial charge in [0.15, 0.2) is 5.69 Å². The van der Waals surface area contributed by atoms with Gasteiger partial charge >= 0.3 is 12.1 Å². The number of fused-ring (bicyclic) bond motifs is 1. The molecular formula is C40H42ClF3N4O5. The van der Waals surface area contributed by atoms with Crippen molar-refractivity contribution >= 4 is 23.4 Å². The number of methoxy groups -OCH3 is 2. The Kier molecular flexibility index (Phi) is 11.7. The van der Waals surface area contributed by atoms with Crippen LogP contribution in [0.5, 0.6) is 11.8 Å². The van der Waals surface area contributed by atoms with Gasteiger partial charge in [-0.05, 0) is 79.7 Å². The van der Waals surface area contributed by atoms with Gasteiger partial charge < -0.3 is 19.9 Å². The van der Waals surface area contributed by atoms with Crippen LogP contribution in [0.1, 0.15) is 78.7 Å². The first-order chi connectivity index (χ1) is 25.4. The maximum Gasteiger partial charge on any atom is 0.435 e. The van der Waals surface area contributed by atoms with Crippen LogP contribution >= 0.6 is 11.6 Å². The Morgan fingerprint density at radius 1 is 0.962 bits per heavy atom. The number of carbonyl (C=O) groups is 2. The molecule has 0 amide bonds. The predicted molar refractivity (Wildman–Crippen MR) is 194 cm³/mol. The van der Waals surface area contributed by atoms with Crippen molar-refractivity contribution in [3.8, 4) is 34.1 Å². The molecule has 2 aliphatic rings. The van der Waals surface area contributed by atoms with Crippen LogP contribution in [0.25, 0.3) is 22.4 Å². The summed E-state index contributed by atoms with van der Waals surface area (Å²) in [6, 6.07) is 15.4. The van der Waals surface area contributed by atoms with Gasteiger partial charge in [0, 0.05) is 36.1 Å². The fourth-order valence-corrected chi connectivity index (χ4v) is 7.77. The van der Waals surface area contributed by atoms with E-state index >= 15 is 0 Å². The lowest BCUT2D eigenvalue weighted by molar-refractivity contribution is -0.143. The number of carboxylic acids is 1. The van der Waals surface area contributed by atoms with Crippen molar-refractivity contribution in [2.24, 2.45) is 11.8 Å². The summed E-state index contributed by atoms with van der Waals surface area (Å²) in [5.74, 6) is -0.943. The first-order valence-corrected chi connectivity index (χ1v) is 18.2. The van der Waals surface area contributed by atoms with Crippen LogP contribution in [-0.2, 0) is 41.6 Å². The van der Waals surface area contributed by atoms with Gasteiger partial charge in [0.05, 0.1) is 36.5 Å². The zero-order chi connectivity index (χ0) is 37.9. The Morgan fingerprint density at radius 3 is 2.40 bits per heavy atom. The molecule has 1 saturated carbocycles. The molecule has 13 heteroatoms. The molecular weight excluding hydrogens is 709 g/mol. The zero-order valence-electron chi connectivity index (χ0n) is 29.9. The summed E-state index contributed by atoms with van der Waals surface area (Å²) in [6.07, 6.45) is -1.26. The van der Waals surface area contributed by atoms with Crippen molar-refractivity contribution in [3.63, 3.8) is 0 Å². The second kappa shape index (κ2) is 16.2. The molecule has 6 rings (SSSR count). The molecule has 9 nitrogen and oxygen atoms in total. The van der Waals surface area contributed by atoms with E-state index in [1.54, 1.807) is 7.11 Å². The Labute approximate surface area is 311 Å². The minimum atomic E-state index is -4.76. The number of alkyl halides is 3. The molecule has 0 bridgehead atoms. The first-order valence-electron chi connectivity index (χ1n) is 17.8. The molecule has 2 heterocycles. The summed E-state index contributed by atoms with van der Waals surface area (Å²) >= 11 is 7.12. The number of hydrogen-bond donors (Lipinski definition) is 2. The number of pyridine rings is 1. The van der Waals surface area contributed by atoms with Crippen molar-refractivity contribution < 1.29 is 37.3 Å². The van der Waals surface area contributed by atoms with Crippen LogP contribution < -0.4 is 14.8 Å². The van der Waals surface area contributed by atoms with E-state index in [0.717, 1.165) is 40.8 Å². The highest BCUT2D eigenvalue weighted by molar-refractivity contribution is 6.36. The van der Waals surface area contributed by atoms with Crippen LogP contribution in [0.2, 0.25) is 5.02 Å². The molecule has 2 aliphatic carbocycles. The quantitative estimate of drug-likeness (QED) is 0.131. The average Bonchev–Trinajstić information content (AvgIpc) is 3.75. The lowest BCUT2D eigenvalue weighted by Gasteiger charge is -2.19. The standard InChI is InChI=1S/C40H42ClF3N4O5/c1-22(39(50)51)10-16-33-38(53-3)48-34(36(46-33)40(42,43)44)19-24-12-15-29-27(24)6-4-7-28(29)30-8-5-9-31(35(30)41)32-17-13-25(37(47-32)52-2)21-45-20-23-11-14-26(49)18-23/h4-9,13,17,22-24,45H,10-12,14-16,18-21H2,1-3H3,(H,50,51)/t22-,23-,24-/m1/s1. The fraction of sp³-hybridized carbons (Fsp3) is 0.425. The van der Waals surface area contributed by atoms with Gasteiger partial charge in [0.2, 0.25) is 11.8 Å². The third kappa shape index (κ3) is 8.49. The van der Waals surface area contributed by atoms with Gasteiger partial charge in [-0.1, -0.05) is 61.0 Å². The van der Waals surface area contributed by atoms with Crippen molar-refractivity contribution in [1.82, 2.24) is 20.3 Å². The highest BCUT2D eigenvalue weighted by atomic mass is 35.5. The van der Waals surface area contributed by atoms with Crippen LogP contribution in [0.15, 0.2) is 48.5 Å².